The Balaban J connectivity index is 2.98. The highest BCUT2D eigenvalue weighted by molar-refractivity contribution is 5.94. The molecule has 0 saturated heterocycles. The number of guanidine groups is 1. The normalized spacial score (nSPS) is 14.1. The van der Waals surface area contributed by atoms with Crippen LogP contribution >= 0.6 is 0 Å². The van der Waals surface area contributed by atoms with E-state index < -0.39 is 47.9 Å². The second-order valence-electron chi connectivity index (χ2n) is 9.77. The van der Waals surface area contributed by atoms with Crippen LogP contribution in [0.2, 0.25) is 0 Å². The Kier molecular flexibility index (Phi) is 15.1. The molecule has 1 aromatic heterocycles. The Morgan fingerprint density at radius 1 is 0.974 bits per heavy atom. The van der Waals surface area contributed by atoms with E-state index in [0.717, 1.165) is 0 Å². The number of carboxylic acid groups (broad SMARTS) is 1. The molecular weight excluding hydrogens is 508 g/mol. The number of nitrogens with two attached hydrogens (primary N) is 4. The molecule has 0 fully saturated rings. The van der Waals surface area contributed by atoms with Crippen molar-refractivity contribution < 1.29 is 24.3 Å². The van der Waals surface area contributed by atoms with Gasteiger partial charge in [0.15, 0.2) is 5.96 Å². The number of carbonyl (C=O) groups is 4. The van der Waals surface area contributed by atoms with Gasteiger partial charge in [0, 0.05) is 24.9 Å². The predicted molar refractivity (Wildman–Crippen MR) is 146 cm³/mol. The average molecular weight is 553 g/mol. The van der Waals surface area contributed by atoms with Crippen LogP contribution in [0.1, 0.15) is 58.1 Å². The van der Waals surface area contributed by atoms with E-state index in [9.17, 15) is 24.3 Å². The second-order valence-corrected chi connectivity index (χ2v) is 9.77. The van der Waals surface area contributed by atoms with Gasteiger partial charge in [-0.05, 0) is 51.0 Å². The highest BCUT2D eigenvalue weighted by Gasteiger charge is 2.30. The molecule has 3 amide bonds. The minimum Gasteiger partial charge on any atom is -0.480 e. The molecule has 15 heteroatoms. The van der Waals surface area contributed by atoms with Gasteiger partial charge in [0.05, 0.1) is 12.4 Å². The van der Waals surface area contributed by atoms with Crippen LogP contribution in [-0.4, -0.2) is 82.0 Å². The number of aliphatic imine (C=N–C) groups is 1. The number of aliphatic carboxylic acids is 1. The van der Waals surface area contributed by atoms with Gasteiger partial charge in [-0.15, -0.1) is 0 Å². The molecule has 1 heterocycles. The van der Waals surface area contributed by atoms with E-state index in [2.05, 4.69) is 30.9 Å². The highest BCUT2D eigenvalue weighted by atomic mass is 16.4. The molecule has 0 saturated carbocycles. The van der Waals surface area contributed by atoms with Gasteiger partial charge in [-0.1, -0.05) is 13.8 Å². The number of hydrogen-bond donors (Lipinski definition) is 9. The summed E-state index contributed by atoms with van der Waals surface area (Å²) in [6.07, 6.45) is 5.27. The number of unbranched alkanes of at least 4 members (excludes halogenated alkanes) is 1. The van der Waals surface area contributed by atoms with Gasteiger partial charge in [0.1, 0.15) is 18.1 Å². The lowest BCUT2D eigenvalue weighted by molar-refractivity contribution is -0.142. The van der Waals surface area contributed by atoms with Crippen LogP contribution in [0.3, 0.4) is 0 Å². The summed E-state index contributed by atoms with van der Waals surface area (Å²) in [5.74, 6) is -3.08. The highest BCUT2D eigenvalue weighted by Crippen LogP contribution is 2.09. The molecule has 0 aromatic carbocycles. The third kappa shape index (κ3) is 13.6. The molecule has 4 unspecified atom stereocenters. The van der Waals surface area contributed by atoms with E-state index in [1.54, 1.807) is 6.20 Å². The summed E-state index contributed by atoms with van der Waals surface area (Å²) < 4.78 is 0. The molecule has 1 aromatic rings. The number of amides is 3. The molecule has 0 aliphatic carbocycles. The van der Waals surface area contributed by atoms with Gasteiger partial charge in [-0.25, -0.2) is 9.78 Å². The van der Waals surface area contributed by atoms with Gasteiger partial charge >= 0.3 is 5.97 Å². The van der Waals surface area contributed by atoms with Gasteiger partial charge in [-0.2, -0.15) is 0 Å². The Bertz CT molecular complexity index is 934. The van der Waals surface area contributed by atoms with Crippen molar-refractivity contribution in [3.05, 3.63) is 18.2 Å². The summed E-state index contributed by atoms with van der Waals surface area (Å²) in [4.78, 5) is 61.5. The number of carboxylic acids is 1. The minimum absolute atomic E-state index is 0.0259. The zero-order valence-electron chi connectivity index (χ0n) is 22.7. The maximum absolute atomic E-state index is 13.3. The van der Waals surface area contributed by atoms with Crippen molar-refractivity contribution in [3.8, 4) is 0 Å². The molecule has 0 aliphatic heterocycles. The van der Waals surface area contributed by atoms with E-state index in [0.29, 0.717) is 31.5 Å². The topological polar surface area (TPSA) is 270 Å². The number of imidazole rings is 1. The second kappa shape index (κ2) is 17.7. The minimum atomic E-state index is -1.19. The van der Waals surface area contributed by atoms with Crippen LogP contribution in [0.4, 0.5) is 0 Å². The lowest BCUT2D eigenvalue weighted by Crippen LogP contribution is -2.57. The number of H-pyrrole nitrogens is 1. The van der Waals surface area contributed by atoms with Crippen LogP contribution in [0, 0.1) is 5.92 Å². The fourth-order valence-electron chi connectivity index (χ4n) is 3.77. The first kappa shape index (κ1) is 33.3. The molecule has 0 radical (unpaired) electrons. The molecule has 39 heavy (non-hydrogen) atoms. The monoisotopic (exact) mass is 552 g/mol. The van der Waals surface area contributed by atoms with Crippen molar-refractivity contribution in [3.63, 3.8) is 0 Å². The van der Waals surface area contributed by atoms with Gasteiger partial charge < -0.3 is 49.0 Å². The van der Waals surface area contributed by atoms with Gasteiger partial charge in [0.2, 0.25) is 17.7 Å². The zero-order chi connectivity index (χ0) is 29.4. The van der Waals surface area contributed by atoms with Gasteiger partial charge in [-0.3, -0.25) is 19.4 Å². The third-order valence-corrected chi connectivity index (χ3v) is 5.81. The third-order valence-electron chi connectivity index (χ3n) is 5.81. The molecule has 13 N–H and O–H groups in total. The first-order valence-electron chi connectivity index (χ1n) is 13.1. The number of aromatic nitrogens is 2. The van der Waals surface area contributed by atoms with E-state index in [1.807, 2.05) is 13.8 Å². The number of aromatic amines is 1. The van der Waals surface area contributed by atoms with E-state index in [1.165, 1.54) is 6.33 Å². The molecular formula is C24H44N10O5. The summed E-state index contributed by atoms with van der Waals surface area (Å²) >= 11 is 0. The fourth-order valence-corrected chi connectivity index (χ4v) is 3.77. The zero-order valence-corrected chi connectivity index (χ0v) is 22.7. The van der Waals surface area contributed by atoms with Gasteiger partial charge in [0.25, 0.3) is 0 Å². The number of hydrogen-bond acceptors (Lipinski definition) is 8. The van der Waals surface area contributed by atoms with E-state index in [4.69, 9.17) is 22.9 Å². The van der Waals surface area contributed by atoms with Crippen LogP contribution in [0.15, 0.2) is 17.5 Å². The maximum Gasteiger partial charge on any atom is 0.326 e. The molecule has 0 spiro atoms. The Morgan fingerprint density at radius 3 is 2.15 bits per heavy atom. The Hall–Kier alpha value is -3.72. The average Bonchev–Trinajstić information content (AvgIpc) is 3.37. The molecule has 220 valence electrons. The summed E-state index contributed by atoms with van der Waals surface area (Å²) in [6.45, 7) is 4.37. The molecule has 1 rings (SSSR count). The number of nitrogens with zero attached hydrogens (tertiary/aromatic N) is 2. The first-order chi connectivity index (χ1) is 18.4. The molecule has 0 aliphatic rings. The van der Waals surface area contributed by atoms with Crippen molar-refractivity contribution in [2.75, 3.05) is 13.1 Å². The van der Waals surface area contributed by atoms with Crippen molar-refractivity contribution in [2.45, 2.75) is 83.0 Å². The van der Waals surface area contributed by atoms with E-state index >= 15 is 0 Å². The van der Waals surface area contributed by atoms with Crippen molar-refractivity contribution >= 4 is 29.7 Å². The summed E-state index contributed by atoms with van der Waals surface area (Å²) in [5, 5.41) is 17.4. The standard InChI is InChI=1S/C24H44N10O5/c1-14(2)10-19(34-20(35)16(26)11-15-12-29-13-31-15)22(37)32-17(7-5-9-30-24(27)28)21(36)33-18(23(38)39)6-3-4-8-25/h12-14,16-19H,3-11,25-26H2,1-2H3,(H,29,31)(H,32,37)(H,33,36)(H,34,35)(H,38,39)(H4,27,28,30). The summed E-state index contributed by atoms with van der Waals surface area (Å²) in [6, 6.07) is -4.14. The molecule has 0 bridgehead atoms. The summed E-state index contributed by atoms with van der Waals surface area (Å²) in [7, 11) is 0. The van der Waals surface area contributed by atoms with E-state index in [-0.39, 0.29) is 44.1 Å². The van der Waals surface area contributed by atoms with Crippen molar-refractivity contribution in [1.29, 1.82) is 0 Å². The van der Waals surface area contributed by atoms with Crippen molar-refractivity contribution in [1.82, 2.24) is 25.9 Å². The predicted octanol–water partition coefficient (Wildman–Crippen LogP) is -1.95. The largest absolute Gasteiger partial charge is 0.480 e. The number of nitrogens with one attached hydrogen (secondary N) is 4. The molecule has 15 nitrogen and oxygen atoms in total. The molecule has 4 atom stereocenters. The lowest BCUT2D eigenvalue weighted by Gasteiger charge is -2.26. The summed E-state index contributed by atoms with van der Waals surface area (Å²) in [5.41, 5.74) is 22.9. The Labute approximate surface area is 228 Å². The van der Waals surface area contributed by atoms with Crippen LogP contribution in [-0.2, 0) is 25.6 Å². The van der Waals surface area contributed by atoms with Crippen LogP contribution < -0.4 is 38.9 Å². The quantitative estimate of drug-likeness (QED) is 0.0519. The smallest absolute Gasteiger partial charge is 0.326 e. The fraction of sp³-hybridized carbons (Fsp3) is 0.667. The van der Waals surface area contributed by atoms with Crippen LogP contribution in [0.25, 0.3) is 0 Å². The van der Waals surface area contributed by atoms with Crippen LogP contribution in [0.5, 0.6) is 0 Å². The maximum atomic E-state index is 13.3. The number of carbonyl (C=O) groups excluding carboxylic acids is 3. The lowest BCUT2D eigenvalue weighted by atomic mass is 10.0. The Morgan fingerprint density at radius 2 is 1.59 bits per heavy atom. The SMILES string of the molecule is CC(C)CC(NC(=O)C(N)Cc1cnc[nH]1)C(=O)NC(CCCN=C(N)N)C(=O)NC(CCCCN)C(=O)O. The van der Waals surface area contributed by atoms with Crippen molar-refractivity contribution in [2.24, 2.45) is 33.8 Å². The first-order valence-corrected chi connectivity index (χ1v) is 13.1. The number of rotatable bonds is 19.